The average Bonchev–Trinajstić information content (AvgIpc) is 2.32. The highest BCUT2D eigenvalue weighted by Crippen LogP contribution is 2.38. The SMILES string of the molecule is COC1C(Br)CC1Oc1cc(F)c(Br)cc1[N+](=O)[O-]. The zero-order valence-electron chi connectivity index (χ0n) is 9.81. The standard InChI is InChI=1S/C11H10Br2FNO4/c1-18-11-6(13)3-10(11)19-9-4-7(14)5(12)2-8(9)15(16)17/h2,4,6,10-11H,3H2,1H3. The van der Waals surface area contributed by atoms with Gasteiger partial charge < -0.3 is 9.47 Å². The van der Waals surface area contributed by atoms with Gasteiger partial charge in [0.1, 0.15) is 18.0 Å². The van der Waals surface area contributed by atoms with Crippen LogP contribution in [-0.4, -0.2) is 29.1 Å². The van der Waals surface area contributed by atoms with Crippen molar-refractivity contribution in [3.05, 3.63) is 32.5 Å². The molecule has 1 saturated carbocycles. The molecule has 1 aromatic carbocycles. The summed E-state index contributed by atoms with van der Waals surface area (Å²) in [4.78, 5) is 10.5. The first-order chi connectivity index (χ1) is 8.93. The third kappa shape index (κ3) is 2.90. The van der Waals surface area contributed by atoms with Crippen LogP contribution < -0.4 is 4.74 Å². The number of alkyl halides is 1. The quantitative estimate of drug-likeness (QED) is 0.443. The summed E-state index contributed by atoms with van der Waals surface area (Å²) >= 11 is 6.31. The van der Waals surface area contributed by atoms with E-state index in [1.807, 2.05) is 0 Å². The van der Waals surface area contributed by atoms with Crippen molar-refractivity contribution in [2.24, 2.45) is 0 Å². The number of nitro benzene ring substituents is 1. The molecular formula is C11H10Br2FNO4. The molecule has 0 bridgehead atoms. The summed E-state index contributed by atoms with van der Waals surface area (Å²) in [5.74, 6) is -0.693. The van der Waals surface area contributed by atoms with Crippen LogP contribution in [0.3, 0.4) is 0 Å². The van der Waals surface area contributed by atoms with Crippen molar-refractivity contribution in [3.8, 4) is 5.75 Å². The molecule has 0 aliphatic heterocycles. The van der Waals surface area contributed by atoms with E-state index in [0.717, 1.165) is 12.1 Å². The van der Waals surface area contributed by atoms with E-state index >= 15 is 0 Å². The molecule has 19 heavy (non-hydrogen) atoms. The second-order valence-electron chi connectivity index (χ2n) is 4.10. The lowest BCUT2D eigenvalue weighted by Crippen LogP contribution is -2.51. The van der Waals surface area contributed by atoms with Gasteiger partial charge in [-0.25, -0.2) is 4.39 Å². The molecule has 0 N–H and O–H groups in total. The molecule has 0 amide bonds. The lowest BCUT2D eigenvalue weighted by molar-refractivity contribution is -0.386. The summed E-state index contributed by atoms with van der Waals surface area (Å²) in [7, 11) is 1.53. The molecule has 1 aliphatic carbocycles. The maximum atomic E-state index is 13.5. The minimum atomic E-state index is -0.607. The molecule has 3 unspecified atom stereocenters. The number of hydrogen-bond acceptors (Lipinski definition) is 4. The van der Waals surface area contributed by atoms with Gasteiger partial charge in [-0.15, -0.1) is 0 Å². The van der Waals surface area contributed by atoms with E-state index in [1.165, 1.54) is 7.11 Å². The van der Waals surface area contributed by atoms with Crippen molar-refractivity contribution in [3.63, 3.8) is 0 Å². The van der Waals surface area contributed by atoms with Crippen LogP contribution in [0.5, 0.6) is 5.75 Å². The third-order valence-corrected chi connectivity index (χ3v) is 4.43. The Bertz CT molecular complexity index is 514. The van der Waals surface area contributed by atoms with E-state index in [0.29, 0.717) is 6.42 Å². The van der Waals surface area contributed by atoms with Crippen molar-refractivity contribution < 1.29 is 18.8 Å². The highest BCUT2D eigenvalue weighted by Gasteiger charge is 2.42. The molecule has 8 heteroatoms. The Morgan fingerprint density at radius 2 is 2.21 bits per heavy atom. The van der Waals surface area contributed by atoms with Gasteiger partial charge >= 0.3 is 5.69 Å². The van der Waals surface area contributed by atoms with Crippen LogP contribution in [0.2, 0.25) is 0 Å². The van der Waals surface area contributed by atoms with Gasteiger partial charge in [0.15, 0.2) is 5.75 Å². The maximum Gasteiger partial charge on any atom is 0.312 e. The first-order valence-corrected chi connectivity index (χ1v) is 7.12. The molecule has 5 nitrogen and oxygen atoms in total. The zero-order valence-corrected chi connectivity index (χ0v) is 13.0. The van der Waals surface area contributed by atoms with Gasteiger partial charge in [-0.05, 0) is 15.9 Å². The van der Waals surface area contributed by atoms with Crippen molar-refractivity contribution in [1.82, 2.24) is 0 Å². The number of hydrogen-bond donors (Lipinski definition) is 0. The monoisotopic (exact) mass is 397 g/mol. The Labute approximate surface area is 125 Å². The predicted octanol–water partition coefficient (Wildman–Crippen LogP) is 3.43. The molecule has 0 radical (unpaired) electrons. The maximum absolute atomic E-state index is 13.5. The Kier molecular flexibility index (Phi) is 4.42. The van der Waals surface area contributed by atoms with E-state index in [2.05, 4.69) is 31.9 Å². The van der Waals surface area contributed by atoms with E-state index < -0.39 is 10.7 Å². The van der Waals surface area contributed by atoms with Crippen LogP contribution in [0.25, 0.3) is 0 Å². The summed E-state index contributed by atoms with van der Waals surface area (Å²) in [5, 5.41) is 10.9. The molecule has 2 rings (SSSR count). The number of methoxy groups -OCH3 is 1. The van der Waals surface area contributed by atoms with E-state index in [4.69, 9.17) is 9.47 Å². The Hall–Kier alpha value is -0.730. The second-order valence-corrected chi connectivity index (χ2v) is 6.13. The van der Waals surface area contributed by atoms with Gasteiger partial charge in [0, 0.05) is 30.5 Å². The third-order valence-electron chi connectivity index (χ3n) is 2.93. The van der Waals surface area contributed by atoms with E-state index in [1.54, 1.807) is 0 Å². The summed E-state index contributed by atoms with van der Waals surface area (Å²) in [6.45, 7) is 0. The summed E-state index contributed by atoms with van der Waals surface area (Å²) in [6, 6.07) is 2.10. The fourth-order valence-electron chi connectivity index (χ4n) is 1.86. The van der Waals surface area contributed by atoms with Crippen molar-refractivity contribution >= 4 is 37.5 Å². The molecule has 0 heterocycles. The number of halogens is 3. The number of nitrogens with zero attached hydrogens (tertiary/aromatic N) is 1. The van der Waals surface area contributed by atoms with Crippen LogP contribution >= 0.6 is 31.9 Å². The molecular weight excluding hydrogens is 389 g/mol. The van der Waals surface area contributed by atoms with Crippen LogP contribution in [0, 0.1) is 15.9 Å². The van der Waals surface area contributed by atoms with Crippen molar-refractivity contribution in [1.29, 1.82) is 0 Å². The summed E-state index contributed by atoms with van der Waals surface area (Å²) < 4.78 is 24.2. The zero-order chi connectivity index (χ0) is 14.2. The van der Waals surface area contributed by atoms with E-state index in [9.17, 15) is 14.5 Å². The highest BCUT2D eigenvalue weighted by molar-refractivity contribution is 9.10. The molecule has 0 spiro atoms. The lowest BCUT2D eigenvalue weighted by Gasteiger charge is -2.39. The number of nitro groups is 1. The van der Waals surface area contributed by atoms with Crippen molar-refractivity contribution in [2.75, 3.05) is 7.11 Å². The van der Waals surface area contributed by atoms with Crippen molar-refractivity contribution in [2.45, 2.75) is 23.5 Å². The minimum absolute atomic E-state index is 0.0295. The van der Waals surface area contributed by atoms with Crippen LogP contribution in [-0.2, 0) is 4.74 Å². The van der Waals surface area contributed by atoms with Gasteiger partial charge in [-0.3, -0.25) is 10.1 Å². The van der Waals surface area contributed by atoms with Gasteiger partial charge in [0.2, 0.25) is 0 Å². The molecule has 0 aromatic heterocycles. The second kappa shape index (κ2) is 5.72. The smallest absolute Gasteiger partial charge is 0.312 e. The molecule has 1 aromatic rings. The van der Waals surface area contributed by atoms with Crippen LogP contribution in [0.1, 0.15) is 6.42 Å². The van der Waals surface area contributed by atoms with Gasteiger partial charge in [0.05, 0.1) is 9.40 Å². The number of rotatable bonds is 4. The predicted molar refractivity (Wildman–Crippen MR) is 73.3 cm³/mol. The minimum Gasteiger partial charge on any atom is -0.481 e. The first-order valence-electron chi connectivity index (χ1n) is 5.41. The number of benzene rings is 1. The molecule has 104 valence electrons. The Morgan fingerprint density at radius 3 is 2.74 bits per heavy atom. The fraction of sp³-hybridized carbons (Fsp3) is 0.455. The largest absolute Gasteiger partial charge is 0.481 e. The average molecular weight is 399 g/mol. The fourth-order valence-corrected chi connectivity index (χ4v) is 3.12. The van der Waals surface area contributed by atoms with Gasteiger partial charge in [-0.2, -0.15) is 0 Å². The lowest BCUT2D eigenvalue weighted by atomic mass is 9.91. The van der Waals surface area contributed by atoms with Crippen LogP contribution in [0.15, 0.2) is 16.6 Å². The highest BCUT2D eigenvalue weighted by atomic mass is 79.9. The molecule has 0 saturated heterocycles. The first kappa shape index (κ1) is 14.7. The normalized spacial score (nSPS) is 25.8. The molecule has 3 atom stereocenters. The summed E-state index contributed by atoms with van der Waals surface area (Å²) in [5.41, 5.74) is -0.277. The molecule has 1 fully saturated rings. The Balaban J connectivity index is 2.25. The number of ether oxygens (including phenoxy) is 2. The van der Waals surface area contributed by atoms with Gasteiger partial charge in [0.25, 0.3) is 0 Å². The Morgan fingerprint density at radius 1 is 1.53 bits per heavy atom. The summed E-state index contributed by atoms with van der Waals surface area (Å²) in [6.07, 6.45) is 0.118. The topological polar surface area (TPSA) is 61.6 Å². The van der Waals surface area contributed by atoms with Gasteiger partial charge in [-0.1, -0.05) is 15.9 Å². The van der Waals surface area contributed by atoms with Crippen LogP contribution in [0.4, 0.5) is 10.1 Å². The molecule has 1 aliphatic rings. The van der Waals surface area contributed by atoms with E-state index in [-0.39, 0.29) is 32.9 Å².